The van der Waals surface area contributed by atoms with E-state index < -0.39 is 0 Å². The number of hydrogen-bond acceptors (Lipinski definition) is 2. The first-order valence-electron chi connectivity index (χ1n) is 7.65. The van der Waals surface area contributed by atoms with Crippen molar-refractivity contribution >= 4 is 11.7 Å². The standard InChI is InChI=1S/C17H29N3O/c1-12(2)14-8-7-9-15(13(3)4)16(14)19-17(21)18-10-11-20(5)6/h7-9,12-13H,10-11H2,1-6H3,(H2,18,19,21). The van der Waals surface area contributed by atoms with Crippen molar-refractivity contribution in [3.05, 3.63) is 29.3 Å². The van der Waals surface area contributed by atoms with E-state index in [1.165, 1.54) is 11.1 Å². The Morgan fingerprint density at radius 1 is 1.10 bits per heavy atom. The van der Waals surface area contributed by atoms with Gasteiger partial charge in [0.25, 0.3) is 0 Å². The average Bonchev–Trinajstić information content (AvgIpc) is 2.37. The topological polar surface area (TPSA) is 44.4 Å². The van der Waals surface area contributed by atoms with Crippen LogP contribution in [-0.4, -0.2) is 38.1 Å². The summed E-state index contributed by atoms with van der Waals surface area (Å²) >= 11 is 0. The highest BCUT2D eigenvalue weighted by molar-refractivity contribution is 5.91. The van der Waals surface area contributed by atoms with Crippen molar-refractivity contribution in [3.8, 4) is 0 Å². The molecule has 0 fully saturated rings. The van der Waals surface area contributed by atoms with E-state index in [9.17, 15) is 4.79 Å². The quantitative estimate of drug-likeness (QED) is 0.841. The zero-order valence-electron chi connectivity index (χ0n) is 14.2. The van der Waals surface area contributed by atoms with Crippen LogP contribution in [0, 0.1) is 0 Å². The lowest BCUT2D eigenvalue weighted by Gasteiger charge is -2.20. The van der Waals surface area contributed by atoms with Gasteiger partial charge in [0.2, 0.25) is 0 Å². The van der Waals surface area contributed by atoms with Gasteiger partial charge in [0.1, 0.15) is 0 Å². The number of amides is 2. The molecule has 0 saturated heterocycles. The summed E-state index contributed by atoms with van der Waals surface area (Å²) in [6, 6.07) is 6.12. The Labute approximate surface area is 128 Å². The Balaban J connectivity index is 2.87. The average molecular weight is 291 g/mol. The molecule has 0 spiro atoms. The number of rotatable bonds is 6. The summed E-state index contributed by atoms with van der Waals surface area (Å²) in [6.45, 7) is 10.1. The van der Waals surface area contributed by atoms with Crippen LogP contribution in [0.2, 0.25) is 0 Å². The summed E-state index contributed by atoms with van der Waals surface area (Å²) < 4.78 is 0. The van der Waals surface area contributed by atoms with Gasteiger partial charge in [-0.2, -0.15) is 0 Å². The molecule has 0 aliphatic rings. The third-order valence-corrected chi connectivity index (χ3v) is 3.46. The molecule has 118 valence electrons. The van der Waals surface area contributed by atoms with Gasteiger partial charge < -0.3 is 15.5 Å². The highest BCUT2D eigenvalue weighted by Gasteiger charge is 2.15. The summed E-state index contributed by atoms with van der Waals surface area (Å²) in [5.74, 6) is 0.751. The highest BCUT2D eigenvalue weighted by Crippen LogP contribution is 2.32. The van der Waals surface area contributed by atoms with E-state index in [0.29, 0.717) is 18.4 Å². The van der Waals surface area contributed by atoms with Gasteiger partial charge in [0.05, 0.1) is 0 Å². The molecule has 21 heavy (non-hydrogen) atoms. The molecular formula is C17H29N3O. The second-order valence-corrected chi connectivity index (χ2v) is 6.31. The van der Waals surface area contributed by atoms with Crippen LogP contribution in [0.25, 0.3) is 0 Å². The SMILES string of the molecule is CC(C)c1cccc(C(C)C)c1NC(=O)NCCN(C)C. The first-order chi connectivity index (χ1) is 9.82. The number of nitrogens with one attached hydrogen (secondary N) is 2. The number of para-hydroxylation sites is 1. The normalized spacial score (nSPS) is 11.3. The summed E-state index contributed by atoms with van der Waals surface area (Å²) in [5, 5.41) is 5.95. The van der Waals surface area contributed by atoms with Gasteiger partial charge in [-0.1, -0.05) is 45.9 Å². The summed E-state index contributed by atoms with van der Waals surface area (Å²) in [7, 11) is 3.98. The zero-order valence-corrected chi connectivity index (χ0v) is 14.2. The molecular weight excluding hydrogens is 262 g/mol. The van der Waals surface area contributed by atoms with Crippen LogP contribution in [0.3, 0.4) is 0 Å². The van der Waals surface area contributed by atoms with Gasteiger partial charge in [0, 0.05) is 18.8 Å². The molecule has 0 unspecified atom stereocenters. The maximum Gasteiger partial charge on any atom is 0.319 e. The Bertz CT molecular complexity index is 441. The molecule has 1 aromatic rings. The van der Waals surface area contributed by atoms with Crippen molar-refractivity contribution in [1.82, 2.24) is 10.2 Å². The van der Waals surface area contributed by atoms with E-state index in [0.717, 1.165) is 12.2 Å². The van der Waals surface area contributed by atoms with E-state index in [-0.39, 0.29) is 6.03 Å². The zero-order chi connectivity index (χ0) is 16.0. The maximum absolute atomic E-state index is 12.1. The molecule has 0 aliphatic carbocycles. The fourth-order valence-corrected chi connectivity index (χ4v) is 2.25. The van der Waals surface area contributed by atoms with E-state index in [1.54, 1.807) is 0 Å². The summed E-state index contributed by atoms with van der Waals surface area (Å²) in [6.07, 6.45) is 0. The monoisotopic (exact) mass is 291 g/mol. The number of benzene rings is 1. The number of carbonyl (C=O) groups excluding carboxylic acids is 1. The smallest absolute Gasteiger partial charge is 0.319 e. The van der Waals surface area contributed by atoms with Crippen molar-refractivity contribution in [2.45, 2.75) is 39.5 Å². The number of carbonyl (C=O) groups is 1. The fraction of sp³-hybridized carbons (Fsp3) is 0.588. The summed E-state index contributed by atoms with van der Waals surface area (Å²) in [5.41, 5.74) is 3.33. The van der Waals surface area contributed by atoms with Gasteiger partial charge >= 0.3 is 6.03 Å². The largest absolute Gasteiger partial charge is 0.337 e. The van der Waals surface area contributed by atoms with Gasteiger partial charge in [-0.05, 0) is 37.1 Å². The molecule has 0 heterocycles. The Morgan fingerprint density at radius 3 is 2.05 bits per heavy atom. The third-order valence-electron chi connectivity index (χ3n) is 3.46. The molecule has 1 rings (SSSR count). The highest BCUT2D eigenvalue weighted by atomic mass is 16.2. The second-order valence-electron chi connectivity index (χ2n) is 6.31. The lowest BCUT2D eigenvalue weighted by Crippen LogP contribution is -2.35. The number of nitrogens with zero attached hydrogens (tertiary/aromatic N) is 1. The van der Waals surface area contributed by atoms with Crippen molar-refractivity contribution in [2.24, 2.45) is 0 Å². The molecule has 1 aromatic carbocycles. The van der Waals surface area contributed by atoms with E-state index in [4.69, 9.17) is 0 Å². The van der Waals surface area contributed by atoms with Gasteiger partial charge in [-0.15, -0.1) is 0 Å². The van der Waals surface area contributed by atoms with Crippen molar-refractivity contribution in [3.63, 3.8) is 0 Å². The second kappa shape index (κ2) is 8.03. The molecule has 2 N–H and O–H groups in total. The number of likely N-dealkylation sites (N-methyl/N-ethyl adjacent to an activating group) is 1. The Morgan fingerprint density at radius 2 is 1.62 bits per heavy atom. The first-order valence-corrected chi connectivity index (χ1v) is 7.65. The van der Waals surface area contributed by atoms with E-state index in [2.05, 4.69) is 56.5 Å². The van der Waals surface area contributed by atoms with Crippen LogP contribution in [0.4, 0.5) is 10.5 Å². The molecule has 0 atom stereocenters. The molecule has 4 heteroatoms. The maximum atomic E-state index is 12.1. The number of urea groups is 1. The lowest BCUT2D eigenvalue weighted by atomic mass is 9.93. The Kier molecular flexibility index (Phi) is 6.69. The van der Waals surface area contributed by atoms with Crippen LogP contribution < -0.4 is 10.6 Å². The minimum absolute atomic E-state index is 0.133. The van der Waals surface area contributed by atoms with Crippen LogP contribution in [-0.2, 0) is 0 Å². The molecule has 0 radical (unpaired) electrons. The van der Waals surface area contributed by atoms with Crippen molar-refractivity contribution in [2.75, 3.05) is 32.5 Å². The van der Waals surface area contributed by atoms with Crippen LogP contribution >= 0.6 is 0 Å². The van der Waals surface area contributed by atoms with E-state index in [1.807, 2.05) is 19.0 Å². The van der Waals surface area contributed by atoms with Crippen LogP contribution in [0.5, 0.6) is 0 Å². The first kappa shape index (κ1) is 17.5. The molecule has 0 aliphatic heterocycles. The van der Waals surface area contributed by atoms with Gasteiger partial charge in [0.15, 0.2) is 0 Å². The van der Waals surface area contributed by atoms with Gasteiger partial charge in [-0.25, -0.2) is 4.79 Å². The molecule has 2 amide bonds. The van der Waals surface area contributed by atoms with Gasteiger partial charge in [-0.3, -0.25) is 0 Å². The minimum atomic E-state index is -0.133. The van der Waals surface area contributed by atoms with Crippen LogP contribution in [0.15, 0.2) is 18.2 Å². The third kappa shape index (κ3) is 5.38. The number of hydrogen-bond donors (Lipinski definition) is 2. The van der Waals surface area contributed by atoms with E-state index >= 15 is 0 Å². The summed E-state index contributed by atoms with van der Waals surface area (Å²) in [4.78, 5) is 14.1. The molecule has 4 nitrogen and oxygen atoms in total. The lowest BCUT2D eigenvalue weighted by molar-refractivity contribution is 0.250. The predicted molar refractivity (Wildman–Crippen MR) is 90.2 cm³/mol. The molecule has 0 aromatic heterocycles. The van der Waals surface area contributed by atoms with Crippen molar-refractivity contribution in [1.29, 1.82) is 0 Å². The minimum Gasteiger partial charge on any atom is -0.337 e. The Hall–Kier alpha value is -1.55. The fourth-order valence-electron chi connectivity index (χ4n) is 2.25. The molecule has 0 saturated carbocycles. The molecule has 0 bridgehead atoms. The van der Waals surface area contributed by atoms with Crippen LogP contribution in [0.1, 0.15) is 50.7 Å². The van der Waals surface area contributed by atoms with Crippen molar-refractivity contribution < 1.29 is 4.79 Å². The number of anilines is 1. The predicted octanol–water partition coefficient (Wildman–Crippen LogP) is 3.62.